The van der Waals surface area contributed by atoms with Crippen molar-refractivity contribution in [1.82, 2.24) is 14.8 Å². The maximum atomic E-state index is 14.4. The number of halogens is 2. The number of rotatable bonds is 3. The van der Waals surface area contributed by atoms with Gasteiger partial charge in [0.15, 0.2) is 0 Å². The highest BCUT2D eigenvalue weighted by Gasteiger charge is 2.27. The molecule has 9 heteroatoms. The molecule has 0 radical (unpaired) electrons. The average Bonchev–Trinajstić information content (AvgIpc) is 3.10. The van der Waals surface area contributed by atoms with Crippen LogP contribution in [0.5, 0.6) is 0 Å². The number of fused-ring (bicyclic) bond motifs is 1. The second-order valence-electron chi connectivity index (χ2n) is 5.62. The minimum absolute atomic E-state index is 0.0438. The molecule has 1 atom stereocenters. The van der Waals surface area contributed by atoms with E-state index >= 15 is 0 Å². The van der Waals surface area contributed by atoms with E-state index in [1.807, 2.05) is 0 Å². The highest BCUT2D eigenvalue weighted by Crippen LogP contribution is 2.36. The fraction of sp³-hybridized carbons (Fsp3) is 0.0588. The summed E-state index contributed by atoms with van der Waals surface area (Å²) in [6.45, 7) is 0. The Morgan fingerprint density at radius 2 is 2.08 bits per heavy atom. The van der Waals surface area contributed by atoms with Crippen LogP contribution in [0.25, 0.3) is 5.70 Å². The van der Waals surface area contributed by atoms with Crippen LogP contribution >= 0.6 is 11.6 Å². The van der Waals surface area contributed by atoms with Crippen molar-refractivity contribution in [1.29, 1.82) is 0 Å². The normalized spacial score (nSPS) is 15.8. The lowest BCUT2D eigenvalue weighted by Crippen LogP contribution is -2.21. The molecule has 2 aromatic carbocycles. The summed E-state index contributed by atoms with van der Waals surface area (Å²) in [7, 11) is 0. The smallest absolute Gasteiger partial charge is 0.270 e. The van der Waals surface area contributed by atoms with Gasteiger partial charge in [0, 0.05) is 34.0 Å². The summed E-state index contributed by atoms with van der Waals surface area (Å²) in [6.07, 6.45) is 3.05. The van der Waals surface area contributed by atoms with Gasteiger partial charge in [-0.3, -0.25) is 10.1 Å². The Morgan fingerprint density at radius 3 is 2.85 bits per heavy atom. The molecule has 0 saturated heterocycles. The van der Waals surface area contributed by atoms with Crippen molar-refractivity contribution in [2.45, 2.75) is 6.04 Å². The van der Waals surface area contributed by atoms with Gasteiger partial charge in [0.2, 0.25) is 5.95 Å². The topological polar surface area (TPSA) is 85.9 Å². The highest BCUT2D eigenvalue weighted by atomic mass is 35.5. The number of hydrogen-bond acceptors (Lipinski definition) is 5. The first-order valence-corrected chi connectivity index (χ1v) is 7.99. The number of nitro benzene ring substituents is 1. The van der Waals surface area contributed by atoms with Gasteiger partial charge in [-0.1, -0.05) is 29.8 Å². The van der Waals surface area contributed by atoms with E-state index in [9.17, 15) is 14.5 Å². The van der Waals surface area contributed by atoms with Crippen molar-refractivity contribution in [2.75, 3.05) is 5.32 Å². The van der Waals surface area contributed by atoms with Crippen LogP contribution < -0.4 is 5.32 Å². The predicted octanol–water partition coefficient (Wildman–Crippen LogP) is 4.03. The molecule has 0 fully saturated rings. The van der Waals surface area contributed by atoms with Crippen LogP contribution in [0.3, 0.4) is 0 Å². The molecule has 4 rings (SSSR count). The van der Waals surface area contributed by atoms with E-state index in [1.165, 1.54) is 35.3 Å². The van der Waals surface area contributed by atoms with Crippen molar-refractivity contribution in [2.24, 2.45) is 0 Å². The molecule has 3 aromatic rings. The Labute approximate surface area is 151 Å². The Hall–Kier alpha value is -3.26. The second kappa shape index (κ2) is 6.23. The van der Waals surface area contributed by atoms with E-state index in [2.05, 4.69) is 15.4 Å². The summed E-state index contributed by atoms with van der Waals surface area (Å²) in [5.41, 5.74) is 1.34. The highest BCUT2D eigenvalue weighted by molar-refractivity contribution is 6.31. The first-order valence-electron chi connectivity index (χ1n) is 7.61. The molecule has 7 nitrogen and oxygen atoms in total. The van der Waals surface area contributed by atoms with Gasteiger partial charge >= 0.3 is 0 Å². The molecule has 1 N–H and O–H groups in total. The van der Waals surface area contributed by atoms with Gasteiger partial charge in [-0.25, -0.2) is 9.07 Å². The maximum absolute atomic E-state index is 14.4. The third-order valence-corrected chi connectivity index (χ3v) is 4.40. The zero-order chi connectivity index (χ0) is 18.3. The number of hydrogen-bond donors (Lipinski definition) is 1. The molecular formula is C17H11ClFN5O2. The zero-order valence-electron chi connectivity index (χ0n) is 13.1. The van der Waals surface area contributed by atoms with Crippen LogP contribution in [0.1, 0.15) is 17.2 Å². The molecule has 0 amide bonds. The molecule has 0 saturated carbocycles. The standard InChI is InChI=1S/C17H11ClFN5O2/c18-12-5-2-6-13(19)16(12)15-8-14(22-17-20-9-21-23(15)17)10-3-1-4-11(7-10)24(25)26/h1-9,15H,(H,20,21,22). The molecule has 0 bridgehead atoms. The summed E-state index contributed by atoms with van der Waals surface area (Å²) < 4.78 is 16.0. The van der Waals surface area contributed by atoms with Gasteiger partial charge in [-0.15, -0.1) is 0 Å². The number of anilines is 1. The Bertz CT molecular complexity index is 1030. The van der Waals surface area contributed by atoms with Crippen molar-refractivity contribution in [3.05, 3.63) is 86.9 Å². The van der Waals surface area contributed by atoms with Gasteiger partial charge in [0.05, 0.1) is 4.92 Å². The summed E-state index contributed by atoms with van der Waals surface area (Å²) in [6, 6.07) is 9.94. The fourth-order valence-corrected chi connectivity index (χ4v) is 3.16. The molecule has 1 aliphatic rings. The second-order valence-corrected chi connectivity index (χ2v) is 6.03. The molecule has 26 heavy (non-hydrogen) atoms. The summed E-state index contributed by atoms with van der Waals surface area (Å²) >= 11 is 6.22. The minimum Gasteiger partial charge on any atom is -0.324 e. The third kappa shape index (κ3) is 2.70. The average molecular weight is 372 g/mol. The fourth-order valence-electron chi connectivity index (χ4n) is 2.89. The van der Waals surface area contributed by atoms with Crippen LogP contribution in [0.2, 0.25) is 5.02 Å². The number of non-ortho nitro benzene ring substituents is 1. The third-order valence-electron chi connectivity index (χ3n) is 4.07. The molecule has 0 spiro atoms. The van der Waals surface area contributed by atoms with Gasteiger partial charge in [0.1, 0.15) is 18.2 Å². The number of benzene rings is 2. The lowest BCUT2D eigenvalue weighted by atomic mass is 10.0. The van der Waals surface area contributed by atoms with Gasteiger partial charge in [0.25, 0.3) is 5.69 Å². The molecule has 130 valence electrons. The summed E-state index contributed by atoms with van der Waals surface area (Å²) in [5.74, 6) is -0.0844. The lowest BCUT2D eigenvalue weighted by molar-refractivity contribution is -0.384. The van der Waals surface area contributed by atoms with Crippen LogP contribution in [-0.2, 0) is 0 Å². The van der Waals surface area contributed by atoms with Gasteiger partial charge in [-0.2, -0.15) is 10.1 Å². The minimum atomic E-state index is -0.642. The van der Waals surface area contributed by atoms with Crippen molar-refractivity contribution in [3.8, 4) is 0 Å². The van der Waals surface area contributed by atoms with E-state index < -0.39 is 16.8 Å². The van der Waals surface area contributed by atoms with E-state index in [-0.39, 0.29) is 16.3 Å². The van der Waals surface area contributed by atoms with E-state index in [4.69, 9.17) is 11.6 Å². The van der Waals surface area contributed by atoms with Gasteiger partial charge in [-0.05, 0) is 18.2 Å². The summed E-state index contributed by atoms with van der Waals surface area (Å²) in [5, 5.41) is 18.5. The molecule has 1 aliphatic heterocycles. The quantitative estimate of drug-likeness (QED) is 0.554. The molecule has 2 heterocycles. The summed E-state index contributed by atoms with van der Waals surface area (Å²) in [4.78, 5) is 14.7. The number of nitrogens with one attached hydrogen (secondary N) is 1. The first kappa shape index (κ1) is 16.2. The maximum Gasteiger partial charge on any atom is 0.270 e. The van der Waals surface area contributed by atoms with Crippen LogP contribution in [0.4, 0.5) is 16.0 Å². The molecular weight excluding hydrogens is 361 g/mol. The van der Waals surface area contributed by atoms with E-state index in [1.54, 1.807) is 24.3 Å². The van der Waals surface area contributed by atoms with Gasteiger partial charge < -0.3 is 5.32 Å². The van der Waals surface area contributed by atoms with E-state index in [0.717, 1.165) is 0 Å². The molecule has 0 aliphatic carbocycles. The zero-order valence-corrected chi connectivity index (χ0v) is 13.9. The largest absolute Gasteiger partial charge is 0.324 e. The molecule has 1 unspecified atom stereocenters. The van der Waals surface area contributed by atoms with Crippen molar-refractivity contribution >= 4 is 28.9 Å². The number of nitro groups is 1. The Kier molecular flexibility index (Phi) is 3.89. The van der Waals surface area contributed by atoms with Crippen LogP contribution in [-0.4, -0.2) is 19.7 Å². The van der Waals surface area contributed by atoms with Crippen LogP contribution in [0.15, 0.2) is 54.9 Å². The van der Waals surface area contributed by atoms with Crippen LogP contribution in [0, 0.1) is 15.9 Å². The lowest BCUT2D eigenvalue weighted by Gasteiger charge is -2.25. The van der Waals surface area contributed by atoms with Crippen molar-refractivity contribution < 1.29 is 9.31 Å². The SMILES string of the molecule is O=[N+]([O-])c1cccc(C2=CC(c3c(F)cccc3Cl)n3ncnc3N2)c1. The number of nitrogens with zero attached hydrogens (tertiary/aromatic N) is 4. The number of aromatic nitrogens is 3. The van der Waals surface area contributed by atoms with E-state index in [0.29, 0.717) is 17.2 Å². The monoisotopic (exact) mass is 371 g/mol. The predicted molar refractivity (Wildman–Crippen MR) is 94.3 cm³/mol. The first-order chi connectivity index (χ1) is 12.5. The Morgan fingerprint density at radius 1 is 1.27 bits per heavy atom. The van der Waals surface area contributed by atoms with Crippen molar-refractivity contribution in [3.63, 3.8) is 0 Å². The Balaban J connectivity index is 1.86. The number of allylic oxidation sites excluding steroid dienone is 1. The molecule has 1 aromatic heterocycles.